The van der Waals surface area contributed by atoms with Crippen molar-refractivity contribution in [1.29, 1.82) is 5.26 Å². The molecule has 5 rings (SSSR count). The topological polar surface area (TPSA) is 103 Å². The number of hydrogen-bond donors (Lipinski definition) is 3. The fourth-order valence-electron chi connectivity index (χ4n) is 5.07. The minimum absolute atomic E-state index is 0.0982. The molecule has 1 aromatic heterocycles. The zero-order chi connectivity index (χ0) is 27.0. The highest BCUT2D eigenvalue weighted by Gasteiger charge is 2.34. The first-order valence-corrected chi connectivity index (χ1v) is 12.7. The molecule has 0 saturated carbocycles. The summed E-state index contributed by atoms with van der Waals surface area (Å²) in [5, 5.41) is 30.6. The van der Waals surface area contributed by atoms with Gasteiger partial charge in [-0.05, 0) is 80.7 Å². The van der Waals surface area contributed by atoms with Crippen LogP contribution in [-0.2, 0) is 11.3 Å². The number of aromatic nitrogens is 2. The van der Waals surface area contributed by atoms with E-state index in [4.69, 9.17) is 5.26 Å². The number of anilines is 2. The van der Waals surface area contributed by atoms with Gasteiger partial charge in [0.1, 0.15) is 5.75 Å². The predicted molar refractivity (Wildman–Crippen MR) is 150 cm³/mol. The molecule has 0 radical (unpaired) electrons. The quantitative estimate of drug-likeness (QED) is 0.377. The lowest BCUT2D eigenvalue weighted by atomic mass is 9.80. The number of phenolic OH excluding ortho intramolecular Hbond substituents is 1. The van der Waals surface area contributed by atoms with Gasteiger partial charge in [0, 0.05) is 16.8 Å². The highest BCUT2D eigenvalue weighted by atomic mass is 16.3. The number of carbonyl (C=O) groups is 1. The van der Waals surface area contributed by atoms with Gasteiger partial charge in [-0.15, -0.1) is 0 Å². The van der Waals surface area contributed by atoms with E-state index in [1.165, 1.54) is 0 Å². The van der Waals surface area contributed by atoms with E-state index in [0.29, 0.717) is 40.5 Å². The van der Waals surface area contributed by atoms with E-state index in [1.807, 2.05) is 42.8 Å². The van der Waals surface area contributed by atoms with Crippen molar-refractivity contribution in [3.8, 4) is 11.8 Å². The zero-order valence-corrected chi connectivity index (χ0v) is 22.0. The predicted octanol–water partition coefficient (Wildman–Crippen LogP) is 5.85. The second-order valence-corrected chi connectivity index (χ2v) is 10.3. The number of hydrogen-bond acceptors (Lipinski definition) is 5. The minimum Gasteiger partial charge on any atom is -0.508 e. The lowest BCUT2D eigenvalue weighted by Gasteiger charge is -2.37. The standard InChI is InChI=1S/C31H31N5O2/c1-19-5-11-24(12-6-19)31(4)16-27(26-15-25(37)13-14-28(26)34-31)30(38)33-29-20(2)35-36(21(29)3)18-23-9-7-22(17-32)8-10-23/h5,7-16,19,34,37H,6,18H2,1-4H3,(H,33,38). The summed E-state index contributed by atoms with van der Waals surface area (Å²) >= 11 is 0. The number of nitrogens with one attached hydrogen (secondary N) is 2. The van der Waals surface area contributed by atoms with E-state index in [0.717, 1.165) is 28.9 Å². The monoisotopic (exact) mass is 505 g/mol. The highest BCUT2D eigenvalue weighted by molar-refractivity contribution is 6.27. The highest BCUT2D eigenvalue weighted by Crippen LogP contribution is 2.41. The molecule has 3 N–H and O–H groups in total. The second kappa shape index (κ2) is 9.71. The van der Waals surface area contributed by atoms with Crippen LogP contribution in [-0.4, -0.2) is 26.3 Å². The first-order chi connectivity index (χ1) is 18.2. The van der Waals surface area contributed by atoms with Crippen LogP contribution >= 0.6 is 0 Å². The Kier molecular flexibility index (Phi) is 6.41. The number of aryl methyl sites for hydroxylation is 1. The van der Waals surface area contributed by atoms with Crippen molar-refractivity contribution in [2.24, 2.45) is 5.92 Å². The maximum absolute atomic E-state index is 13.8. The molecule has 0 bridgehead atoms. The van der Waals surface area contributed by atoms with Gasteiger partial charge in [0.15, 0.2) is 0 Å². The first kappa shape index (κ1) is 25.1. The third kappa shape index (κ3) is 4.73. The van der Waals surface area contributed by atoms with Gasteiger partial charge in [-0.2, -0.15) is 10.4 Å². The molecule has 7 nitrogen and oxygen atoms in total. The molecular weight excluding hydrogens is 474 g/mol. The van der Waals surface area contributed by atoms with Gasteiger partial charge in [0.25, 0.3) is 5.91 Å². The molecule has 0 fully saturated rings. The van der Waals surface area contributed by atoms with Crippen LogP contribution in [0.4, 0.5) is 11.4 Å². The molecule has 0 saturated heterocycles. The van der Waals surface area contributed by atoms with Crippen LogP contribution in [0.3, 0.4) is 0 Å². The molecule has 2 aromatic carbocycles. The molecule has 2 unspecified atom stereocenters. The molecule has 2 atom stereocenters. The first-order valence-electron chi connectivity index (χ1n) is 12.7. The molecule has 1 aliphatic heterocycles. The van der Waals surface area contributed by atoms with E-state index in [1.54, 1.807) is 24.3 Å². The van der Waals surface area contributed by atoms with Gasteiger partial charge in [0.05, 0.1) is 40.8 Å². The number of phenols is 1. The van der Waals surface area contributed by atoms with Crippen molar-refractivity contribution in [3.63, 3.8) is 0 Å². The summed E-state index contributed by atoms with van der Waals surface area (Å²) in [6, 6.07) is 14.6. The van der Waals surface area contributed by atoms with E-state index < -0.39 is 5.54 Å². The van der Waals surface area contributed by atoms with Crippen molar-refractivity contribution in [2.75, 3.05) is 10.6 Å². The third-order valence-electron chi connectivity index (χ3n) is 7.31. The van der Waals surface area contributed by atoms with Crippen LogP contribution in [0.1, 0.15) is 48.3 Å². The average Bonchev–Trinajstić information content (AvgIpc) is 3.16. The summed E-state index contributed by atoms with van der Waals surface area (Å²) < 4.78 is 1.85. The smallest absolute Gasteiger partial charge is 0.256 e. The Morgan fingerprint density at radius 1 is 1.26 bits per heavy atom. The molecule has 1 amide bonds. The minimum atomic E-state index is -0.586. The van der Waals surface area contributed by atoms with Crippen molar-refractivity contribution in [1.82, 2.24) is 9.78 Å². The lowest BCUT2D eigenvalue weighted by Crippen LogP contribution is -2.39. The second-order valence-electron chi connectivity index (χ2n) is 10.3. The number of rotatable bonds is 5. The number of benzene rings is 2. The molecule has 2 heterocycles. The van der Waals surface area contributed by atoms with E-state index in [9.17, 15) is 9.90 Å². The fourth-order valence-corrected chi connectivity index (χ4v) is 5.07. The Labute approximate surface area is 222 Å². The van der Waals surface area contributed by atoms with Crippen LogP contribution in [0.5, 0.6) is 5.75 Å². The molecule has 0 spiro atoms. The Bertz CT molecular complexity index is 1550. The number of nitriles is 1. The van der Waals surface area contributed by atoms with Gasteiger partial charge < -0.3 is 15.7 Å². The number of carbonyl (C=O) groups excluding carboxylic acids is 1. The number of amides is 1. The molecule has 38 heavy (non-hydrogen) atoms. The Morgan fingerprint density at radius 2 is 2.03 bits per heavy atom. The van der Waals surface area contributed by atoms with Crippen LogP contribution in [0.25, 0.3) is 5.57 Å². The van der Waals surface area contributed by atoms with Crippen LogP contribution < -0.4 is 10.6 Å². The number of fused-ring (bicyclic) bond motifs is 1. The van der Waals surface area contributed by atoms with Gasteiger partial charge in [-0.25, -0.2) is 0 Å². The van der Waals surface area contributed by atoms with Crippen molar-refractivity contribution in [2.45, 2.75) is 46.2 Å². The van der Waals surface area contributed by atoms with Gasteiger partial charge in [0.2, 0.25) is 0 Å². The molecule has 3 aromatic rings. The van der Waals surface area contributed by atoms with Crippen LogP contribution in [0.2, 0.25) is 0 Å². The Morgan fingerprint density at radius 3 is 2.71 bits per heavy atom. The maximum atomic E-state index is 13.8. The molecule has 1 aliphatic carbocycles. The maximum Gasteiger partial charge on any atom is 0.256 e. The molecule has 2 aliphatic rings. The summed E-state index contributed by atoms with van der Waals surface area (Å²) in [6.45, 7) is 8.57. The van der Waals surface area contributed by atoms with E-state index >= 15 is 0 Å². The number of allylic oxidation sites excluding steroid dienone is 2. The largest absolute Gasteiger partial charge is 0.508 e. The zero-order valence-electron chi connectivity index (χ0n) is 22.0. The summed E-state index contributed by atoms with van der Waals surface area (Å²) in [6.07, 6.45) is 9.42. The molecule has 7 heteroatoms. The van der Waals surface area contributed by atoms with Crippen molar-refractivity contribution in [3.05, 3.63) is 100 Å². The molecule has 192 valence electrons. The van der Waals surface area contributed by atoms with E-state index in [2.05, 4.69) is 53.9 Å². The number of nitrogens with zero attached hydrogens (tertiary/aromatic N) is 3. The summed E-state index contributed by atoms with van der Waals surface area (Å²) in [5.74, 6) is 0.317. The summed E-state index contributed by atoms with van der Waals surface area (Å²) in [4.78, 5) is 13.8. The van der Waals surface area contributed by atoms with Crippen molar-refractivity contribution >= 4 is 22.9 Å². The molecular formula is C31H31N5O2. The van der Waals surface area contributed by atoms with E-state index in [-0.39, 0.29) is 11.7 Å². The van der Waals surface area contributed by atoms with Crippen LogP contribution in [0.15, 0.2) is 72.3 Å². The Hall–Kier alpha value is -4.57. The normalized spacial score (nSPS) is 20.0. The summed E-state index contributed by atoms with van der Waals surface area (Å²) in [7, 11) is 0. The van der Waals surface area contributed by atoms with Crippen LogP contribution in [0, 0.1) is 31.1 Å². The average molecular weight is 506 g/mol. The van der Waals surface area contributed by atoms with Gasteiger partial charge in [-0.1, -0.05) is 37.3 Å². The Balaban J connectivity index is 1.47. The van der Waals surface area contributed by atoms with Gasteiger partial charge >= 0.3 is 0 Å². The SMILES string of the molecule is Cc1nn(Cc2ccc(C#N)cc2)c(C)c1NC(=O)C1=CC(C)(C2=CCC(C)C=C2)Nc2ccc(O)cc21. The third-order valence-corrected chi connectivity index (χ3v) is 7.31. The van der Waals surface area contributed by atoms with Gasteiger partial charge in [-0.3, -0.25) is 9.48 Å². The van der Waals surface area contributed by atoms with Crippen molar-refractivity contribution < 1.29 is 9.90 Å². The summed E-state index contributed by atoms with van der Waals surface area (Å²) in [5.41, 5.74) is 6.27. The fraction of sp³-hybridized carbons (Fsp3) is 0.258. The number of aromatic hydroxyl groups is 1. The lowest BCUT2D eigenvalue weighted by molar-refractivity contribution is -0.111.